The van der Waals surface area contributed by atoms with Crippen molar-refractivity contribution in [2.24, 2.45) is 0 Å². The predicted molar refractivity (Wildman–Crippen MR) is 175 cm³/mol. The van der Waals surface area contributed by atoms with Crippen LogP contribution in [0.3, 0.4) is 0 Å². The average Bonchev–Trinajstić information content (AvgIpc) is 3.61. The summed E-state index contributed by atoms with van der Waals surface area (Å²) in [6.07, 6.45) is 20.2. The van der Waals surface area contributed by atoms with E-state index in [2.05, 4.69) is 143 Å². The summed E-state index contributed by atoms with van der Waals surface area (Å²) in [6.45, 7) is 0. The van der Waals surface area contributed by atoms with E-state index in [0.717, 1.165) is 51.7 Å². The van der Waals surface area contributed by atoms with E-state index in [9.17, 15) is 0 Å². The van der Waals surface area contributed by atoms with E-state index < -0.39 is 0 Å². The van der Waals surface area contributed by atoms with Crippen molar-refractivity contribution in [2.45, 2.75) is 18.9 Å². The van der Waals surface area contributed by atoms with Crippen molar-refractivity contribution in [3.8, 4) is 5.69 Å². The molecule has 4 aromatic carbocycles. The van der Waals surface area contributed by atoms with Crippen LogP contribution in [0.5, 0.6) is 0 Å². The van der Waals surface area contributed by atoms with Crippen molar-refractivity contribution in [1.82, 2.24) is 9.88 Å². The van der Waals surface area contributed by atoms with Crippen LogP contribution in [-0.4, -0.2) is 10.6 Å². The van der Waals surface area contributed by atoms with Crippen LogP contribution in [0, 0.1) is 0 Å². The van der Waals surface area contributed by atoms with Crippen molar-refractivity contribution < 1.29 is 4.42 Å². The Morgan fingerprint density at radius 3 is 2.33 bits per heavy atom. The molecule has 1 aliphatic heterocycles. The number of fused-ring (bicyclic) bond motifs is 7. The molecule has 1 atom stereocenters. The highest BCUT2D eigenvalue weighted by Gasteiger charge is 2.26. The van der Waals surface area contributed by atoms with Crippen molar-refractivity contribution in [2.75, 3.05) is 0 Å². The van der Waals surface area contributed by atoms with E-state index in [1.54, 1.807) is 0 Å². The van der Waals surface area contributed by atoms with Gasteiger partial charge in [-0.15, -0.1) is 0 Å². The first-order valence-electron chi connectivity index (χ1n) is 14.7. The molecule has 0 saturated carbocycles. The summed E-state index contributed by atoms with van der Waals surface area (Å²) in [5.41, 5.74) is 11.4. The minimum absolute atomic E-state index is 0.128. The number of benzene rings is 4. The Morgan fingerprint density at radius 2 is 1.52 bits per heavy atom. The van der Waals surface area contributed by atoms with E-state index in [1.807, 2.05) is 0 Å². The van der Waals surface area contributed by atoms with Crippen molar-refractivity contribution in [3.63, 3.8) is 0 Å². The molecule has 2 aliphatic carbocycles. The van der Waals surface area contributed by atoms with Gasteiger partial charge in [0, 0.05) is 32.8 Å². The highest BCUT2D eigenvalue weighted by molar-refractivity contribution is 6.14. The maximum atomic E-state index is 6.75. The monoisotopic (exact) mass is 540 g/mol. The quantitative estimate of drug-likeness (QED) is 0.242. The predicted octanol–water partition coefficient (Wildman–Crippen LogP) is 9.69. The lowest BCUT2D eigenvalue weighted by Gasteiger charge is -2.30. The summed E-state index contributed by atoms with van der Waals surface area (Å²) in [5, 5.41) is 8.59. The number of dihydropyridines is 1. The summed E-state index contributed by atoms with van der Waals surface area (Å²) in [4.78, 5) is 0. The number of rotatable bonds is 3. The summed E-state index contributed by atoms with van der Waals surface area (Å²) in [5.74, 6) is 0. The first kappa shape index (κ1) is 23.4. The number of aromatic nitrogens is 1. The number of allylic oxidation sites excluding steroid dienone is 8. The fraction of sp³-hybridized carbons (Fsp3) is 0.0769. The van der Waals surface area contributed by atoms with Gasteiger partial charge >= 0.3 is 0 Å². The summed E-state index contributed by atoms with van der Waals surface area (Å²) in [6, 6.07) is 30.3. The Hall–Kier alpha value is -5.28. The van der Waals surface area contributed by atoms with E-state index in [-0.39, 0.29) is 6.04 Å². The number of para-hydroxylation sites is 3. The number of furan rings is 1. The minimum atomic E-state index is 0.128. The van der Waals surface area contributed by atoms with Crippen LogP contribution >= 0.6 is 0 Å². The molecular formula is C39H28N2O. The first-order valence-corrected chi connectivity index (χ1v) is 14.7. The van der Waals surface area contributed by atoms with Crippen LogP contribution in [0.2, 0.25) is 0 Å². The van der Waals surface area contributed by atoms with Gasteiger partial charge in [-0.25, -0.2) is 0 Å². The van der Waals surface area contributed by atoms with E-state index in [0.29, 0.717) is 0 Å². The molecule has 0 amide bonds. The molecule has 1 N–H and O–H groups in total. The second kappa shape index (κ2) is 9.12. The maximum absolute atomic E-state index is 6.75. The second-order valence-corrected chi connectivity index (χ2v) is 11.2. The Balaban J connectivity index is 1.29. The van der Waals surface area contributed by atoms with Crippen LogP contribution in [0.1, 0.15) is 18.4 Å². The number of nitrogens with one attached hydrogen (secondary N) is 1. The van der Waals surface area contributed by atoms with Gasteiger partial charge < -0.3 is 14.3 Å². The maximum Gasteiger partial charge on any atom is 0.159 e. The third-order valence-corrected chi connectivity index (χ3v) is 8.86. The van der Waals surface area contributed by atoms with Gasteiger partial charge in [-0.3, -0.25) is 0 Å². The third-order valence-electron chi connectivity index (χ3n) is 8.86. The summed E-state index contributed by atoms with van der Waals surface area (Å²) < 4.78 is 9.10. The number of hydrogen-bond donors (Lipinski definition) is 1. The second-order valence-electron chi connectivity index (χ2n) is 11.2. The lowest BCUT2D eigenvalue weighted by atomic mass is 9.85. The van der Waals surface area contributed by atoms with Gasteiger partial charge in [-0.1, -0.05) is 103 Å². The SMILES string of the molecule is C1=CC2=C(C3=CCCC=C3)C=C(c3cccc4oc5c(-n6c7ccccc7c7ccccc76)cccc5c34)NC2C=C1. The fourth-order valence-corrected chi connectivity index (χ4v) is 7.00. The molecule has 1 unspecified atom stereocenters. The molecule has 0 bridgehead atoms. The summed E-state index contributed by atoms with van der Waals surface area (Å²) >= 11 is 0. The zero-order valence-corrected chi connectivity index (χ0v) is 23.0. The Kier molecular flexibility index (Phi) is 5.09. The number of nitrogens with zero attached hydrogens (tertiary/aromatic N) is 1. The molecule has 3 heterocycles. The molecular weight excluding hydrogens is 512 g/mol. The lowest BCUT2D eigenvalue weighted by Crippen LogP contribution is -2.32. The fourth-order valence-electron chi connectivity index (χ4n) is 7.00. The zero-order valence-electron chi connectivity index (χ0n) is 23.0. The van der Waals surface area contributed by atoms with Gasteiger partial charge in [0.1, 0.15) is 5.58 Å². The molecule has 0 spiro atoms. The molecule has 42 heavy (non-hydrogen) atoms. The van der Waals surface area contributed by atoms with Crippen molar-refractivity contribution >= 4 is 49.4 Å². The molecule has 0 saturated heterocycles. The van der Waals surface area contributed by atoms with Crippen LogP contribution in [0.25, 0.3) is 55.1 Å². The van der Waals surface area contributed by atoms with Gasteiger partial charge in [0.25, 0.3) is 0 Å². The largest absolute Gasteiger partial charge is 0.454 e. The van der Waals surface area contributed by atoms with E-state index in [1.165, 1.54) is 38.5 Å². The normalized spacial score (nSPS) is 18.1. The van der Waals surface area contributed by atoms with Crippen molar-refractivity contribution in [1.29, 1.82) is 0 Å². The Labute approximate surface area is 243 Å². The first-order chi connectivity index (χ1) is 20.8. The van der Waals surface area contributed by atoms with Crippen LogP contribution < -0.4 is 5.32 Å². The Bertz CT molecular complexity index is 2220. The molecule has 9 rings (SSSR count). The average molecular weight is 541 g/mol. The molecule has 3 aliphatic rings. The van der Waals surface area contributed by atoms with Gasteiger partial charge in [0.2, 0.25) is 0 Å². The van der Waals surface area contributed by atoms with Crippen LogP contribution in [0.4, 0.5) is 0 Å². The molecule has 0 fully saturated rings. The third kappa shape index (κ3) is 3.40. The number of hydrogen-bond acceptors (Lipinski definition) is 2. The standard InChI is InChI=1S/C39H28N2O/c1-2-12-25(13-3-1)31-24-33(40-32-19-7-4-14-26(31)32)29-17-11-23-37-38(29)30-18-10-22-36(39(30)42-37)41-34-20-8-5-15-27(34)28-16-6-9-21-35(28)41/h2,4-24,32,40H,1,3H2. The molecule has 6 aromatic rings. The molecule has 2 aromatic heterocycles. The van der Waals surface area contributed by atoms with Gasteiger partial charge in [-0.2, -0.15) is 0 Å². The molecule has 3 nitrogen and oxygen atoms in total. The topological polar surface area (TPSA) is 30.1 Å². The highest BCUT2D eigenvalue weighted by Crippen LogP contribution is 2.41. The van der Waals surface area contributed by atoms with Gasteiger partial charge in [0.15, 0.2) is 5.58 Å². The molecule has 200 valence electrons. The van der Waals surface area contributed by atoms with Crippen LogP contribution in [0.15, 0.2) is 155 Å². The van der Waals surface area contributed by atoms with Gasteiger partial charge in [0.05, 0.1) is 22.8 Å². The molecule has 0 radical (unpaired) electrons. The minimum Gasteiger partial charge on any atom is -0.454 e. The van der Waals surface area contributed by atoms with Crippen molar-refractivity contribution in [3.05, 3.63) is 156 Å². The lowest BCUT2D eigenvalue weighted by molar-refractivity contribution is 0.666. The summed E-state index contributed by atoms with van der Waals surface area (Å²) in [7, 11) is 0. The van der Waals surface area contributed by atoms with E-state index in [4.69, 9.17) is 4.42 Å². The highest BCUT2D eigenvalue weighted by atomic mass is 16.3. The zero-order chi connectivity index (χ0) is 27.6. The van der Waals surface area contributed by atoms with Crippen LogP contribution in [-0.2, 0) is 0 Å². The smallest absolute Gasteiger partial charge is 0.159 e. The van der Waals surface area contributed by atoms with E-state index >= 15 is 0 Å². The van der Waals surface area contributed by atoms with Gasteiger partial charge in [-0.05, 0) is 59.9 Å². The Morgan fingerprint density at radius 1 is 0.738 bits per heavy atom. The molecule has 3 heteroatoms.